The van der Waals surface area contributed by atoms with Gasteiger partial charge in [0.2, 0.25) is 0 Å². The van der Waals surface area contributed by atoms with E-state index in [1.165, 1.54) is 72.0 Å². The summed E-state index contributed by atoms with van der Waals surface area (Å²) in [7, 11) is 0. The van der Waals surface area contributed by atoms with Crippen LogP contribution in [0, 0.1) is 0 Å². The predicted octanol–water partition coefficient (Wildman–Crippen LogP) is 24.5. The van der Waals surface area contributed by atoms with Gasteiger partial charge in [0.05, 0.1) is 36.6 Å². The number of fused-ring (bicyclic) bond motifs is 6. The molecular formula is C91H84N2O3. The van der Waals surface area contributed by atoms with Crippen molar-refractivity contribution in [3.05, 3.63) is 331 Å². The molecule has 2 aliphatic carbocycles. The first-order valence-corrected chi connectivity index (χ1v) is 34.4. The third kappa shape index (κ3) is 13.2. The van der Waals surface area contributed by atoms with Gasteiger partial charge in [0.25, 0.3) is 0 Å². The third-order valence-electron chi connectivity index (χ3n) is 19.6. The number of hydrogen-bond donors (Lipinski definition) is 0. The van der Waals surface area contributed by atoms with Crippen molar-refractivity contribution >= 4 is 44.9 Å². The number of anilines is 3. The summed E-state index contributed by atoms with van der Waals surface area (Å²) >= 11 is 0. The second kappa shape index (κ2) is 28.1. The average molecular weight is 1250 g/mol. The Morgan fingerprint density at radius 1 is 0.427 bits per heavy atom. The summed E-state index contributed by atoms with van der Waals surface area (Å²) in [6.45, 7) is 16.7. The number of hydrogen-bond acceptors (Lipinski definition) is 4. The van der Waals surface area contributed by atoms with Gasteiger partial charge in [-0.15, -0.1) is 0 Å². The summed E-state index contributed by atoms with van der Waals surface area (Å²) in [5.74, 6) is 2.85. The van der Waals surface area contributed by atoms with Gasteiger partial charge >= 0.3 is 0 Å². The molecule has 1 heterocycles. The third-order valence-corrected chi connectivity index (χ3v) is 19.6. The molecule has 2 aliphatic rings. The zero-order chi connectivity index (χ0) is 65.4. The lowest BCUT2D eigenvalue weighted by Crippen LogP contribution is -2.27. The van der Waals surface area contributed by atoms with E-state index < -0.39 is 5.41 Å². The van der Waals surface area contributed by atoms with Crippen LogP contribution in [-0.4, -0.2) is 24.4 Å². The molecule has 14 rings (SSSR count). The molecule has 1 aromatic heterocycles. The average Bonchev–Trinajstić information content (AvgIpc) is 1.55. The van der Waals surface area contributed by atoms with E-state index in [0.717, 1.165) is 132 Å². The molecule has 11 aromatic carbocycles. The Morgan fingerprint density at radius 2 is 0.938 bits per heavy atom. The number of aromatic nitrogens is 1. The van der Waals surface area contributed by atoms with Crippen molar-refractivity contribution in [1.29, 1.82) is 0 Å². The van der Waals surface area contributed by atoms with Crippen molar-refractivity contribution in [2.45, 2.75) is 89.4 Å². The maximum absolute atomic E-state index is 6.35. The Bertz CT molecular complexity index is 4760. The molecule has 476 valence electrons. The van der Waals surface area contributed by atoms with Crippen molar-refractivity contribution in [3.63, 3.8) is 0 Å². The summed E-state index contributed by atoms with van der Waals surface area (Å²) in [4.78, 5) is 2.44. The molecule has 0 fully saturated rings. The minimum atomic E-state index is -0.391. The maximum atomic E-state index is 6.35. The number of nitrogens with zero attached hydrogens (tertiary/aromatic N) is 2. The van der Waals surface area contributed by atoms with Crippen molar-refractivity contribution in [3.8, 4) is 61.7 Å². The second-order valence-corrected chi connectivity index (χ2v) is 26.7. The van der Waals surface area contributed by atoms with E-state index in [4.69, 9.17) is 14.2 Å². The molecular weight excluding hydrogens is 1170 g/mol. The normalized spacial score (nSPS) is 14.2. The van der Waals surface area contributed by atoms with Gasteiger partial charge in [-0.05, 0) is 238 Å². The minimum Gasteiger partial charge on any atom is -0.498 e. The van der Waals surface area contributed by atoms with Crippen LogP contribution in [0.2, 0.25) is 0 Å². The number of rotatable bonds is 25. The Morgan fingerprint density at radius 3 is 1.52 bits per heavy atom. The Labute approximate surface area is 567 Å². The molecule has 0 amide bonds. The quantitative estimate of drug-likeness (QED) is 0.0534. The van der Waals surface area contributed by atoms with E-state index in [-0.39, 0.29) is 5.41 Å². The van der Waals surface area contributed by atoms with Gasteiger partial charge < -0.3 is 23.7 Å². The summed E-state index contributed by atoms with van der Waals surface area (Å²) in [6, 6.07) is 96.4. The molecule has 0 saturated carbocycles. The smallest absolute Gasteiger partial charge is 0.119 e. The van der Waals surface area contributed by atoms with Crippen molar-refractivity contribution in [2.75, 3.05) is 24.7 Å². The highest BCUT2D eigenvalue weighted by Gasteiger charge is 2.44. The fourth-order valence-corrected chi connectivity index (χ4v) is 14.4. The van der Waals surface area contributed by atoms with Gasteiger partial charge in [0.15, 0.2) is 0 Å². The van der Waals surface area contributed by atoms with E-state index in [2.05, 4.69) is 304 Å². The van der Waals surface area contributed by atoms with Crippen LogP contribution in [-0.2, 0) is 15.6 Å². The Hall–Kier alpha value is -10.6. The summed E-state index contributed by atoms with van der Waals surface area (Å²) in [5, 5.41) is 2.41. The monoisotopic (exact) mass is 1250 g/mol. The number of benzene rings is 11. The van der Waals surface area contributed by atoms with E-state index in [9.17, 15) is 0 Å². The second-order valence-electron chi connectivity index (χ2n) is 26.7. The zero-order valence-electron chi connectivity index (χ0n) is 55.7. The first kappa shape index (κ1) is 62.8. The maximum Gasteiger partial charge on any atom is 0.119 e. The highest BCUT2D eigenvalue weighted by molar-refractivity contribution is 6.11. The van der Waals surface area contributed by atoms with Crippen molar-refractivity contribution < 1.29 is 14.2 Å². The molecule has 0 spiro atoms. The molecule has 0 aliphatic heterocycles. The lowest BCUT2D eigenvalue weighted by molar-refractivity contribution is 0.194. The van der Waals surface area contributed by atoms with E-state index in [0.29, 0.717) is 13.2 Å². The zero-order valence-corrected chi connectivity index (χ0v) is 55.7. The molecule has 5 heteroatoms. The fourth-order valence-electron chi connectivity index (χ4n) is 14.4. The van der Waals surface area contributed by atoms with Crippen LogP contribution >= 0.6 is 0 Å². The van der Waals surface area contributed by atoms with Crippen molar-refractivity contribution in [2.24, 2.45) is 0 Å². The van der Waals surface area contributed by atoms with Gasteiger partial charge in [-0.1, -0.05) is 216 Å². The first-order chi connectivity index (χ1) is 47.1. The predicted molar refractivity (Wildman–Crippen MR) is 404 cm³/mol. The summed E-state index contributed by atoms with van der Waals surface area (Å²) < 4.78 is 21.2. The largest absolute Gasteiger partial charge is 0.498 e. The van der Waals surface area contributed by atoms with Crippen molar-refractivity contribution in [1.82, 2.24) is 4.57 Å². The van der Waals surface area contributed by atoms with E-state index in [1.54, 1.807) is 0 Å². The lowest BCUT2D eigenvalue weighted by atomic mass is 9.69. The lowest BCUT2D eigenvalue weighted by Gasteiger charge is -2.34. The molecule has 96 heavy (non-hydrogen) atoms. The molecule has 5 nitrogen and oxygen atoms in total. The van der Waals surface area contributed by atoms with Crippen LogP contribution in [0.25, 0.3) is 78.1 Å². The SMILES string of the molecule is C=CC1=CC=C(OCCCCCCOc2ccc(-n3c4ccc(-c5ccc(N(c6ccc(-c7ccccc7)cc6)c6ccc7c(c6)C(CCCCOc6ccc(C=C)cc6)(c6ccccc6)c6ccccc6-7)cc5)cc4c4cc(-c5ccc(C(C)(C)C)cc5)ccc43)cc2)CC1. The molecule has 0 saturated heterocycles. The molecule has 0 radical (unpaired) electrons. The van der Waals surface area contributed by atoms with Gasteiger partial charge in [-0.3, -0.25) is 0 Å². The number of allylic oxidation sites excluding steroid dienone is 5. The van der Waals surface area contributed by atoms with Gasteiger partial charge in [-0.2, -0.15) is 0 Å². The molecule has 1 unspecified atom stereocenters. The van der Waals surface area contributed by atoms with E-state index in [1.807, 2.05) is 24.3 Å². The van der Waals surface area contributed by atoms with Gasteiger partial charge in [-0.25, -0.2) is 0 Å². The molecule has 1 atom stereocenters. The molecule has 0 N–H and O–H groups in total. The van der Waals surface area contributed by atoms with Crippen LogP contribution in [0.15, 0.2) is 304 Å². The molecule has 0 bridgehead atoms. The Kier molecular flexibility index (Phi) is 18.4. The standard InChI is InChI=1S/C91H84N2O3/c1-6-65-28-49-79(50-29-65)94-59-19-8-9-20-60-95-81-53-46-77(47-54-81)93-88-56-38-71(69-32-40-73(41-33-69)90(3,4)5)62-84(88)85-63-72(39-57-89(85)93)70-36-44-76(45-37-70)92(75-42-34-68(35-43-75)67-22-12-10-13-23-67)78-48-55-83-82-26-16-17-27-86(82)91(87(83)64-78,74-24-14-11-15-25-74)58-18-21-61-96-80-51-30-66(7-2)31-52-80/h6-7,10-17,22-28,30-49,51-57,62-64H,1-2,8-9,18-21,29,50,58-61H2,3-5H3. The number of unbranched alkanes of at least 4 members (excludes halogenated alkanes) is 4. The van der Waals surface area contributed by atoms with Gasteiger partial charge in [0.1, 0.15) is 11.5 Å². The first-order valence-electron chi connectivity index (χ1n) is 34.4. The summed E-state index contributed by atoms with van der Waals surface area (Å²) in [6.07, 6.45) is 17.1. The van der Waals surface area contributed by atoms with E-state index >= 15 is 0 Å². The topological polar surface area (TPSA) is 35.9 Å². The van der Waals surface area contributed by atoms with Gasteiger partial charge in [0, 0.05) is 45.4 Å². The number of ether oxygens (including phenoxy) is 3. The highest BCUT2D eigenvalue weighted by Crippen LogP contribution is 2.56. The minimum absolute atomic E-state index is 0.0662. The van der Waals surface area contributed by atoms with Crippen LogP contribution in [0.1, 0.15) is 106 Å². The van der Waals surface area contributed by atoms with Crippen LogP contribution in [0.4, 0.5) is 17.1 Å². The van der Waals surface area contributed by atoms with Crippen LogP contribution < -0.4 is 14.4 Å². The van der Waals surface area contributed by atoms with Crippen LogP contribution in [0.3, 0.4) is 0 Å². The summed E-state index contributed by atoms with van der Waals surface area (Å²) in [5.41, 5.74) is 23.7. The highest BCUT2D eigenvalue weighted by atomic mass is 16.5. The Balaban J connectivity index is 0.780. The van der Waals surface area contributed by atoms with Crippen LogP contribution in [0.5, 0.6) is 11.5 Å². The molecule has 12 aromatic rings. The fraction of sp³-hybridized carbons (Fsp3) is 0.187.